The first-order valence-corrected chi connectivity index (χ1v) is 12.1. The second-order valence-electron chi connectivity index (χ2n) is 8.05. The molecule has 0 aliphatic carbocycles. The molecule has 174 valence electrons. The zero-order valence-corrected chi connectivity index (χ0v) is 20.3. The normalized spacial score (nSPS) is 10.9. The maximum atomic E-state index is 12.6. The van der Waals surface area contributed by atoms with Crippen molar-refractivity contribution in [3.8, 4) is 0 Å². The number of amides is 2. The first-order chi connectivity index (χ1) is 16.4. The van der Waals surface area contributed by atoms with E-state index in [1.807, 2.05) is 86.0 Å². The van der Waals surface area contributed by atoms with E-state index >= 15 is 0 Å². The van der Waals surface area contributed by atoms with Crippen LogP contribution in [0.25, 0.3) is 10.8 Å². The summed E-state index contributed by atoms with van der Waals surface area (Å²) in [6.07, 6.45) is 0.108. The number of nitrogens with zero attached hydrogens (tertiary/aromatic N) is 3. The Balaban J connectivity index is 1.38. The summed E-state index contributed by atoms with van der Waals surface area (Å²) >= 11 is 1.31. The van der Waals surface area contributed by atoms with Crippen LogP contribution in [0.5, 0.6) is 0 Å². The lowest BCUT2D eigenvalue weighted by Crippen LogP contribution is -2.18. The standard InChI is InChI=1S/C26H27N5O2S/c1-4-31-23(15-24(32)27-21-13-12-17(2)14-18(21)3)29-30-26(31)34-16-25(33)28-22-11-7-9-19-8-5-6-10-20(19)22/h5-14H,4,15-16H2,1-3H3,(H,27,32)(H,28,33). The van der Waals surface area contributed by atoms with Gasteiger partial charge in [-0.2, -0.15) is 0 Å². The number of fused-ring (bicyclic) bond motifs is 1. The average Bonchev–Trinajstić information content (AvgIpc) is 3.21. The molecule has 0 bridgehead atoms. The molecule has 1 aromatic heterocycles. The molecule has 0 unspecified atom stereocenters. The molecule has 3 aromatic carbocycles. The van der Waals surface area contributed by atoms with Crippen molar-refractivity contribution in [2.45, 2.75) is 38.9 Å². The average molecular weight is 474 g/mol. The third-order valence-corrected chi connectivity index (χ3v) is 6.45. The van der Waals surface area contributed by atoms with Gasteiger partial charge in [0.1, 0.15) is 5.82 Å². The number of carbonyl (C=O) groups excluding carboxylic acids is 2. The highest BCUT2D eigenvalue weighted by atomic mass is 32.2. The number of aryl methyl sites for hydroxylation is 2. The van der Waals surface area contributed by atoms with E-state index in [0.29, 0.717) is 17.5 Å². The molecule has 0 saturated heterocycles. The maximum Gasteiger partial charge on any atom is 0.234 e. The largest absolute Gasteiger partial charge is 0.325 e. The molecule has 8 heteroatoms. The van der Waals surface area contributed by atoms with Crippen LogP contribution in [0, 0.1) is 13.8 Å². The molecular formula is C26H27N5O2S. The number of hydrogen-bond acceptors (Lipinski definition) is 5. The molecule has 7 nitrogen and oxygen atoms in total. The van der Waals surface area contributed by atoms with Gasteiger partial charge in [0.25, 0.3) is 0 Å². The van der Waals surface area contributed by atoms with Crippen LogP contribution in [-0.2, 0) is 22.6 Å². The second-order valence-corrected chi connectivity index (χ2v) is 8.99. The summed E-state index contributed by atoms with van der Waals surface area (Å²) in [4.78, 5) is 25.2. The van der Waals surface area contributed by atoms with Crippen molar-refractivity contribution in [1.82, 2.24) is 14.8 Å². The highest BCUT2D eigenvalue weighted by Gasteiger charge is 2.17. The molecule has 2 amide bonds. The summed E-state index contributed by atoms with van der Waals surface area (Å²) < 4.78 is 1.87. The lowest BCUT2D eigenvalue weighted by molar-refractivity contribution is -0.116. The number of hydrogen-bond donors (Lipinski definition) is 2. The van der Waals surface area contributed by atoms with Gasteiger partial charge in [-0.1, -0.05) is 65.9 Å². The molecule has 0 aliphatic heterocycles. The second kappa shape index (κ2) is 10.5. The van der Waals surface area contributed by atoms with E-state index in [1.54, 1.807) is 0 Å². The zero-order valence-electron chi connectivity index (χ0n) is 19.5. The number of rotatable bonds is 8. The predicted octanol–water partition coefficient (Wildman–Crippen LogP) is 4.98. The summed E-state index contributed by atoms with van der Waals surface area (Å²) in [5, 5.41) is 17.0. The van der Waals surface area contributed by atoms with E-state index in [4.69, 9.17) is 0 Å². The van der Waals surface area contributed by atoms with Crippen molar-refractivity contribution in [1.29, 1.82) is 0 Å². The van der Waals surface area contributed by atoms with E-state index < -0.39 is 0 Å². The SMILES string of the molecule is CCn1c(CC(=O)Nc2ccc(C)cc2C)nnc1SCC(=O)Nc1cccc2ccccc12. The summed E-state index contributed by atoms with van der Waals surface area (Å²) in [5.74, 6) is 0.484. The van der Waals surface area contributed by atoms with Crippen molar-refractivity contribution < 1.29 is 9.59 Å². The van der Waals surface area contributed by atoms with Crippen molar-refractivity contribution in [2.75, 3.05) is 16.4 Å². The van der Waals surface area contributed by atoms with Gasteiger partial charge >= 0.3 is 0 Å². The first kappa shape index (κ1) is 23.5. The Labute approximate surface area is 203 Å². The summed E-state index contributed by atoms with van der Waals surface area (Å²) in [5.41, 5.74) is 3.73. The Morgan fingerprint density at radius 1 is 0.912 bits per heavy atom. The Kier molecular flexibility index (Phi) is 7.27. The Morgan fingerprint density at radius 2 is 1.68 bits per heavy atom. The van der Waals surface area contributed by atoms with E-state index in [-0.39, 0.29) is 24.0 Å². The molecule has 0 atom stereocenters. The van der Waals surface area contributed by atoms with Gasteiger partial charge in [-0.15, -0.1) is 10.2 Å². The van der Waals surface area contributed by atoms with Crippen molar-refractivity contribution >= 4 is 45.7 Å². The van der Waals surface area contributed by atoms with Gasteiger partial charge < -0.3 is 15.2 Å². The van der Waals surface area contributed by atoms with Crippen LogP contribution in [-0.4, -0.2) is 32.3 Å². The van der Waals surface area contributed by atoms with Crippen LogP contribution in [0.3, 0.4) is 0 Å². The molecule has 0 aliphatic rings. The minimum Gasteiger partial charge on any atom is -0.325 e. The van der Waals surface area contributed by atoms with Crippen LogP contribution in [0.1, 0.15) is 23.9 Å². The van der Waals surface area contributed by atoms with Gasteiger partial charge in [0.05, 0.1) is 12.2 Å². The molecule has 0 saturated carbocycles. The maximum absolute atomic E-state index is 12.6. The van der Waals surface area contributed by atoms with Gasteiger partial charge in [-0.05, 0) is 43.9 Å². The molecule has 2 N–H and O–H groups in total. The lowest BCUT2D eigenvalue weighted by Gasteiger charge is -2.11. The van der Waals surface area contributed by atoms with E-state index in [1.165, 1.54) is 11.8 Å². The van der Waals surface area contributed by atoms with Gasteiger partial charge in [-0.25, -0.2) is 0 Å². The fourth-order valence-electron chi connectivity index (χ4n) is 3.82. The Hall–Kier alpha value is -3.65. The summed E-state index contributed by atoms with van der Waals surface area (Å²) in [7, 11) is 0. The fraction of sp³-hybridized carbons (Fsp3) is 0.231. The number of nitrogens with one attached hydrogen (secondary N) is 2. The Morgan fingerprint density at radius 3 is 2.47 bits per heavy atom. The first-order valence-electron chi connectivity index (χ1n) is 11.1. The monoisotopic (exact) mass is 473 g/mol. The van der Waals surface area contributed by atoms with Gasteiger partial charge in [0, 0.05) is 23.3 Å². The molecule has 0 fully saturated rings. The van der Waals surface area contributed by atoms with Crippen LogP contribution >= 0.6 is 11.8 Å². The van der Waals surface area contributed by atoms with Crippen LogP contribution in [0.4, 0.5) is 11.4 Å². The lowest BCUT2D eigenvalue weighted by atomic mass is 10.1. The predicted molar refractivity (Wildman–Crippen MR) is 137 cm³/mol. The molecule has 4 aromatic rings. The fourth-order valence-corrected chi connectivity index (χ4v) is 4.64. The van der Waals surface area contributed by atoms with Gasteiger partial charge in [0.2, 0.25) is 11.8 Å². The number of anilines is 2. The molecule has 0 radical (unpaired) electrons. The highest BCUT2D eigenvalue weighted by Crippen LogP contribution is 2.24. The number of carbonyl (C=O) groups is 2. The summed E-state index contributed by atoms with van der Waals surface area (Å²) in [6, 6.07) is 19.7. The molecule has 34 heavy (non-hydrogen) atoms. The minimum atomic E-state index is -0.153. The number of aromatic nitrogens is 3. The molecule has 0 spiro atoms. The molecule has 4 rings (SSSR count). The van der Waals surface area contributed by atoms with Crippen LogP contribution in [0.15, 0.2) is 65.8 Å². The number of benzene rings is 3. The molecular weight excluding hydrogens is 446 g/mol. The summed E-state index contributed by atoms with van der Waals surface area (Å²) in [6.45, 7) is 6.56. The van der Waals surface area contributed by atoms with E-state index in [9.17, 15) is 9.59 Å². The van der Waals surface area contributed by atoms with Gasteiger partial charge in [-0.3, -0.25) is 9.59 Å². The van der Waals surface area contributed by atoms with Crippen LogP contribution in [0.2, 0.25) is 0 Å². The van der Waals surface area contributed by atoms with Crippen molar-refractivity contribution in [2.24, 2.45) is 0 Å². The zero-order chi connectivity index (χ0) is 24.1. The number of thioether (sulfide) groups is 1. The van der Waals surface area contributed by atoms with Crippen molar-refractivity contribution in [3.05, 3.63) is 77.6 Å². The van der Waals surface area contributed by atoms with Crippen LogP contribution < -0.4 is 10.6 Å². The van der Waals surface area contributed by atoms with E-state index in [2.05, 4.69) is 20.8 Å². The van der Waals surface area contributed by atoms with Gasteiger partial charge in [0.15, 0.2) is 5.16 Å². The van der Waals surface area contributed by atoms with E-state index in [0.717, 1.165) is 33.3 Å². The molecule has 1 heterocycles. The highest BCUT2D eigenvalue weighted by molar-refractivity contribution is 7.99. The van der Waals surface area contributed by atoms with Crippen molar-refractivity contribution in [3.63, 3.8) is 0 Å². The third-order valence-electron chi connectivity index (χ3n) is 5.48. The smallest absolute Gasteiger partial charge is 0.234 e. The minimum absolute atomic E-state index is 0.108. The quantitative estimate of drug-likeness (QED) is 0.352. The topological polar surface area (TPSA) is 88.9 Å². The third kappa shape index (κ3) is 5.46. The Bertz CT molecular complexity index is 1340.